The number of anilines is 2. The van der Waals surface area contributed by atoms with Gasteiger partial charge in [-0.25, -0.2) is 0 Å². The van der Waals surface area contributed by atoms with Crippen LogP contribution in [-0.4, -0.2) is 79.4 Å². The summed E-state index contributed by atoms with van der Waals surface area (Å²) in [7, 11) is 0. The molecule has 0 spiro atoms. The minimum absolute atomic E-state index is 0.0613. The van der Waals surface area contributed by atoms with Gasteiger partial charge in [-0.1, -0.05) is 36.4 Å². The molecule has 0 unspecified atom stereocenters. The molecule has 168 valence electrons. The molecule has 0 saturated carbocycles. The van der Waals surface area contributed by atoms with Gasteiger partial charge in [-0.05, 0) is 24.3 Å². The van der Waals surface area contributed by atoms with Crippen LogP contribution in [0.4, 0.5) is 11.4 Å². The normalized spacial score (nSPS) is 19.4. The van der Waals surface area contributed by atoms with E-state index in [9.17, 15) is 14.4 Å². The topological polar surface area (TPSA) is 85.0 Å². The predicted molar refractivity (Wildman–Crippen MR) is 123 cm³/mol. The Morgan fingerprint density at radius 1 is 0.906 bits per heavy atom. The molecular weight excluding hydrogens is 406 g/mol. The van der Waals surface area contributed by atoms with E-state index in [-0.39, 0.29) is 30.7 Å². The van der Waals surface area contributed by atoms with E-state index in [1.807, 2.05) is 36.4 Å². The molecule has 8 heteroatoms. The van der Waals surface area contributed by atoms with Crippen molar-refractivity contribution in [3.8, 4) is 0 Å². The smallest absolute Gasteiger partial charge is 0.243 e. The molecule has 8 nitrogen and oxygen atoms in total. The van der Waals surface area contributed by atoms with Crippen molar-refractivity contribution in [2.24, 2.45) is 0 Å². The molecule has 2 N–H and O–H groups in total. The highest BCUT2D eigenvalue weighted by Crippen LogP contribution is 2.17. The van der Waals surface area contributed by atoms with Crippen LogP contribution in [0.5, 0.6) is 0 Å². The van der Waals surface area contributed by atoms with Crippen LogP contribution in [0.15, 0.2) is 60.7 Å². The molecule has 3 amide bonds. The monoisotopic (exact) mass is 435 g/mol. The van der Waals surface area contributed by atoms with Crippen LogP contribution in [0.3, 0.4) is 0 Å². The fourth-order valence-electron chi connectivity index (χ4n) is 4.21. The maximum absolute atomic E-state index is 13.1. The second-order valence-corrected chi connectivity index (χ2v) is 8.11. The van der Waals surface area contributed by atoms with E-state index >= 15 is 0 Å². The Bertz CT molecular complexity index is 929. The Kier molecular flexibility index (Phi) is 7.01. The van der Waals surface area contributed by atoms with Gasteiger partial charge in [-0.3, -0.25) is 19.3 Å². The molecule has 4 rings (SSSR count). The molecule has 0 bridgehead atoms. The van der Waals surface area contributed by atoms with Crippen LogP contribution in [0.25, 0.3) is 0 Å². The minimum atomic E-state index is -0.787. The van der Waals surface area contributed by atoms with Crippen molar-refractivity contribution in [2.75, 3.05) is 56.0 Å². The van der Waals surface area contributed by atoms with Gasteiger partial charge in [0.1, 0.15) is 6.04 Å². The van der Waals surface area contributed by atoms with Crippen LogP contribution in [0.1, 0.15) is 6.42 Å². The zero-order chi connectivity index (χ0) is 22.3. The SMILES string of the molecule is O=C(C[C@H]1C(=O)NCCN1C(=O)CN1CCN(c2ccccc2)CC1)Nc1ccccc1. The van der Waals surface area contributed by atoms with Gasteiger partial charge in [0.25, 0.3) is 0 Å². The van der Waals surface area contributed by atoms with E-state index in [4.69, 9.17) is 0 Å². The first-order valence-electron chi connectivity index (χ1n) is 11.0. The zero-order valence-corrected chi connectivity index (χ0v) is 18.1. The third kappa shape index (κ3) is 5.45. The summed E-state index contributed by atoms with van der Waals surface area (Å²) in [6.45, 7) is 4.33. The van der Waals surface area contributed by atoms with Crippen LogP contribution < -0.4 is 15.5 Å². The predicted octanol–water partition coefficient (Wildman–Crippen LogP) is 1.16. The number of benzene rings is 2. The first kappa shape index (κ1) is 21.8. The van der Waals surface area contributed by atoms with Crippen LogP contribution >= 0.6 is 0 Å². The fraction of sp³-hybridized carbons (Fsp3) is 0.375. The van der Waals surface area contributed by atoms with Crippen molar-refractivity contribution in [2.45, 2.75) is 12.5 Å². The summed E-state index contributed by atoms with van der Waals surface area (Å²) >= 11 is 0. The molecule has 0 radical (unpaired) electrons. The Morgan fingerprint density at radius 2 is 1.56 bits per heavy atom. The van der Waals surface area contributed by atoms with Gasteiger partial charge in [0.2, 0.25) is 17.7 Å². The summed E-state index contributed by atoms with van der Waals surface area (Å²) in [5, 5.41) is 5.58. The van der Waals surface area contributed by atoms with Crippen molar-refractivity contribution < 1.29 is 14.4 Å². The summed E-state index contributed by atoms with van der Waals surface area (Å²) in [5.41, 5.74) is 1.86. The van der Waals surface area contributed by atoms with Crippen molar-refractivity contribution in [3.05, 3.63) is 60.7 Å². The Hall–Kier alpha value is -3.39. The van der Waals surface area contributed by atoms with E-state index in [0.717, 1.165) is 26.2 Å². The highest BCUT2D eigenvalue weighted by Gasteiger charge is 2.35. The number of carbonyl (C=O) groups excluding carboxylic acids is 3. The van der Waals surface area contributed by atoms with Gasteiger partial charge in [-0.15, -0.1) is 0 Å². The van der Waals surface area contributed by atoms with Crippen LogP contribution in [-0.2, 0) is 14.4 Å². The number of nitrogens with one attached hydrogen (secondary N) is 2. The summed E-state index contributed by atoms with van der Waals surface area (Å²) in [5.74, 6) is -0.667. The summed E-state index contributed by atoms with van der Waals surface area (Å²) in [6.07, 6.45) is -0.0613. The maximum atomic E-state index is 13.1. The van der Waals surface area contributed by atoms with Gasteiger partial charge in [0, 0.05) is 50.6 Å². The number of hydrogen-bond donors (Lipinski definition) is 2. The first-order chi connectivity index (χ1) is 15.6. The van der Waals surface area contributed by atoms with E-state index in [2.05, 4.69) is 32.6 Å². The van der Waals surface area contributed by atoms with E-state index in [1.165, 1.54) is 5.69 Å². The fourth-order valence-corrected chi connectivity index (χ4v) is 4.21. The van der Waals surface area contributed by atoms with Crippen molar-refractivity contribution in [1.82, 2.24) is 15.1 Å². The van der Waals surface area contributed by atoms with E-state index < -0.39 is 6.04 Å². The van der Waals surface area contributed by atoms with Crippen molar-refractivity contribution >= 4 is 29.1 Å². The average molecular weight is 436 g/mol. The molecule has 1 atom stereocenters. The summed E-state index contributed by atoms with van der Waals surface area (Å²) in [4.78, 5) is 44.1. The number of carbonyl (C=O) groups is 3. The standard InChI is InChI=1S/C24H29N5O3/c30-22(26-19-7-3-1-4-8-19)17-21-24(32)25-11-12-29(21)23(31)18-27-13-15-28(16-14-27)20-9-5-2-6-10-20/h1-10,21H,11-18H2,(H,25,32)(H,26,30)/t21-/m0/s1. The molecule has 2 aliphatic heterocycles. The molecule has 0 aliphatic carbocycles. The molecule has 2 fully saturated rings. The van der Waals surface area contributed by atoms with Gasteiger partial charge in [-0.2, -0.15) is 0 Å². The number of nitrogens with zero attached hydrogens (tertiary/aromatic N) is 3. The lowest BCUT2D eigenvalue weighted by atomic mass is 10.1. The number of amides is 3. The second-order valence-electron chi connectivity index (χ2n) is 8.11. The van der Waals surface area contributed by atoms with Gasteiger partial charge < -0.3 is 20.4 Å². The van der Waals surface area contributed by atoms with E-state index in [0.29, 0.717) is 18.8 Å². The molecule has 0 aromatic heterocycles. The third-order valence-corrected chi connectivity index (χ3v) is 5.94. The number of piperazine rings is 2. The van der Waals surface area contributed by atoms with Crippen LogP contribution in [0.2, 0.25) is 0 Å². The molecule has 2 aromatic rings. The number of rotatable bonds is 6. The lowest BCUT2D eigenvalue weighted by Gasteiger charge is -2.39. The van der Waals surface area contributed by atoms with Gasteiger partial charge in [0.15, 0.2) is 0 Å². The molecule has 2 aliphatic rings. The van der Waals surface area contributed by atoms with Crippen LogP contribution in [0, 0.1) is 0 Å². The molecule has 32 heavy (non-hydrogen) atoms. The van der Waals surface area contributed by atoms with E-state index in [1.54, 1.807) is 17.0 Å². The largest absolute Gasteiger partial charge is 0.369 e. The summed E-state index contributed by atoms with van der Waals surface area (Å²) in [6, 6.07) is 18.6. The Morgan fingerprint density at radius 3 is 2.25 bits per heavy atom. The average Bonchev–Trinajstić information content (AvgIpc) is 2.82. The number of hydrogen-bond acceptors (Lipinski definition) is 5. The Balaban J connectivity index is 1.32. The Labute approximate surface area is 188 Å². The quantitative estimate of drug-likeness (QED) is 0.712. The molecular formula is C24H29N5O3. The molecule has 2 aromatic carbocycles. The highest BCUT2D eigenvalue weighted by molar-refractivity contribution is 5.97. The number of para-hydroxylation sites is 2. The minimum Gasteiger partial charge on any atom is -0.369 e. The van der Waals surface area contributed by atoms with Crippen molar-refractivity contribution in [1.29, 1.82) is 0 Å². The van der Waals surface area contributed by atoms with Crippen molar-refractivity contribution in [3.63, 3.8) is 0 Å². The highest BCUT2D eigenvalue weighted by atomic mass is 16.2. The summed E-state index contributed by atoms with van der Waals surface area (Å²) < 4.78 is 0. The third-order valence-electron chi connectivity index (χ3n) is 5.94. The van der Waals surface area contributed by atoms with Gasteiger partial charge >= 0.3 is 0 Å². The zero-order valence-electron chi connectivity index (χ0n) is 18.1. The first-order valence-corrected chi connectivity index (χ1v) is 11.0. The molecule has 2 saturated heterocycles. The molecule has 2 heterocycles. The maximum Gasteiger partial charge on any atom is 0.243 e. The lowest BCUT2D eigenvalue weighted by molar-refractivity contribution is -0.145. The lowest BCUT2D eigenvalue weighted by Crippen LogP contribution is -2.60. The van der Waals surface area contributed by atoms with Gasteiger partial charge in [0.05, 0.1) is 13.0 Å². The second kappa shape index (κ2) is 10.3.